The summed E-state index contributed by atoms with van der Waals surface area (Å²) in [7, 11) is 0. The molecule has 3 rings (SSSR count). The van der Waals surface area contributed by atoms with Crippen LogP contribution in [0, 0.1) is 28.4 Å². The number of hydrogen-bond acceptors (Lipinski definition) is 5. The Morgan fingerprint density at radius 3 is 2.20 bits per heavy atom. The summed E-state index contributed by atoms with van der Waals surface area (Å²) < 4.78 is 62.3. The first-order chi connectivity index (χ1) is 18.4. The predicted molar refractivity (Wildman–Crippen MR) is 135 cm³/mol. The molecule has 0 spiro atoms. The molecule has 2 aromatic rings. The number of aliphatic hydroxyl groups excluding tert-OH is 1. The molecule has 40 heavy (non-hydrogen) atoms. The summed E-state index contributed by atoms with van der Waals surface area (Å²) in [6.45, 7) is 3.59. The molecule has 7 nitrogen and oxygen atoms in total. The molecule has 14 heteroatoms. The molecule has 2 aromatic carbocycles. The average molecular weight is 611 g/mol. The van der Waals surface area contributed by atoms with E-state index in [2.05, 4.69) is 11.4 Å². The number of carbonyl (C=O) groups is 2. The molecular formula is C26H25Cl2F5N2O5. The first-order valence-electron chi connectivity index (χ1n) is 11.6. The second-order valence-corrected chi connectivity index (χ2v) is 10.7. The van der Waals surface area contributed by atoms with Crippen LogP contribution in [0.25, 0.3) is 0 Å². The highest BCUT2D eigenvalue weighted by molar-refractivity contribution is 6.31. The van der Waals surface area contributed by atoms with Gasteiger partial charge >= 0.3 is 18.1 Å². The van der Waals surface area contributed by atoms with E-state index in [-0.39, 0.29) is 34.2 Å². The van der Waals surface area contributed by atoms with Crippen molar-refractivity contribution in [1.29, 1.82) is 5.26 Å². The molecule has 1 fully saturated rings. The molecule has 0 radical (unpaired) electrons. The zero-order valence-corrected chi connectivity index (χ0v) is 22.6. The Bertz CT molecular complexity index is 1300. The fourth-order valence-corrected chi connectivity index (χ4v) is 5.23. The van der Waals surface area contributed by atoms with Crippen molar-refractivity contribution in [2.24, 2.45) is 5.41 Å². The maximum absolute atomic E-state index is 15.3. The molecule has 218 valence electrons. The minimum Gasteiger partial charge on any atom is -0.480 e. The van der Waals surface area contributed by atoms with Gasteiger partial charge in [-0.3, -0.25) is 10.1 Å². The number of aliphatic carboxylic acids is 2. The van der Waals surface area contributed by atoms with Crippen LogP contribution in [0.5, 0.6) is 0 Å². The van der Waals surface area contributed by atoms with Crippen molar-refractivity contribution in [3.63, 3.8) is 0 Å². The van der Waals surface area contributed by atoms with E-state index in [4.69, 9.17) is 33.1 Å². The van der Waals surface area contributed by atoms with E-state index in [1.165, 1.54) is 30.3 Å². The van der Waals surface area contributed by atoms with Gasteiger partial charge in [-0.05, 0) is 42.0 Å². The summed E-state index contributed by atoms with van der Waals surface area (Å²) in [6.07, 6.45) is -4.50. The van der Waals surface area contributed by atoms with Crippen LogP contribution in [-0.2, 0) is 15.0 Å². The second kappa shape index (κ2) is 12.7. The monoisotopic (exact) mass is 610 g/mol. The molecule has 4 unspecified atom stereocenters. The van der Waals surface area contributed by atoms with E-state index in [1.54, 1.807) is 0 Å². The highest BCUT2D eigenvalue weighted by Gasteiger charge is 2.61. The number of benzene rings is 2. The summed E-state index contributed by atoms with van der Waals surface area (Å²) in [5.41, 5.74) is -2.53. The number of carboxylic acid groups (broad SMARTS) is 2. The molecule has 0 aliphatic carbocycles. The summed E-state index contributed by atoms with van der Waals surface area (Å²) in [5, 5.41) is 40.0. The van der Waals surface area contributed by atoms with Crippen LogP contribution in [0.4, 0.5) is 22.0 Å². The van der Waals surface area contributed by atoms with Gasteiger partial charge in [0.05, 0.1) is 11.1 Å². The smallest absolute Gasteiger partial charge is 0.480 e. The summed E-state index contributed by atoms with van der Waals surface area (Å²) in [4.78, 5) is 21.2. The number of nitriles is 1. The molecule has 1 saturated heterocycles. The average Bonchev–Trinajstić information content (AvgIpc) is 3.14. The zero-order chi connectivity index (χ0) is 30.6. The standard InChI is InChI=1S/C24H24Cl2F2N2O3.C2HF3O2/c1-23(2,8-9-31)11-18-24(12-29,15-7-6-13(25)10-17(15)27)19(21(30-18)22(32)33)14-4-3-5-16(26)20(14)28;3-2(4,5)1(6)7/h3-7,10,18-19,21,30-31H,8-9,11H2,1-2H3,(H,32,33);(H,6,7). The Hall–Kier alpha value is -2.98. The van der Waals surface area contributed by atoms with Crippen molar-refractivity contribution in [3.05, 3.63) is 69.2 Å². The molecular weight excluding hydrogens is 586 g/mol. The van der Waals surface area contributed by atoms with Crippen LogP contribution < -0.4 is 5.32 Å². The van der Waals surface area contributed by atoms with E-state index in [9.17, 15) is 33.4 Å². The molecule has 1 aliphatic heterocycles. The van der Waals surface area contributed by atoms with E-state index in [0.29, 0.717) is 6.42 Å². The van der Waals surface area contributed by atoms with Crippen molar-refractivity contribution >= 4 is 35.1 Å². The zero-order valence-electron chi connectivity index (χ0n) is 21.1. The van der Waals surface area contributed by atoms with E-state index in [1.807, 2.05) is 13.8 Å². The number of rotatable bonds is 7. The van der Waals surface area contributed by atoms with E-state index < -0.39 is 58.6 Å². The number of nitrogens with zero attached hydrogens (tertiary/aromatic N) is 1. The lowest BCUT2D eigenvalue weighted by Crippen LogP contribution is -2.45. The van der Waals surface area contributed by atoms with Gasteiger partial charge in [0.1, 0.15) is 23.1 Å². The Kier molecular flexibility index (Phi) is 10.5. The third-order valence-corrected chi connectivity index (χ3v) is 7.21. The van der Waals surface area contributed by atoms with Gasteiger partial charge in [0, 0.05) is 29.2 Å². The summed E-state index contributed by atoms with van der Waals surface area (Å²) in [5.74, 6) is -7.02. The SMILES string of the molecule is CC(C)(CCO)CC1NC(C(=O)O)C(c2cccc(Cl)c2F)C1(C#N)c1ccc(Cl)cc1F.O=C(O)C(F)(F)F. The number of carboxylic acids is 2. The number of nitrogens with one attached hydrogen (secondary N) is 1. The molecule has 0 amide bonds. The molecule has 4 atom stereocenters. The van der Waals surface area contributed by atoms with Crippen LogP contribution in [-0.4, -0.2) is 52.1 Å². The highest BCUT2D eigenvalue weighted by atomic mass is 35.5. The quantitative estimate of drug-likeness (QED) is 0.297. The maximum Gasteiger partial charge on any atom is 0.490 e. The van der Waals surface area contributed by atoms with Crippen LogP contribution in [0.3, 0.4) is 0 Å². The molecule has 0 bridgehead atoms. The number of hydrogen-bond donors (Lipinski definition) is 4. The third kappa shape index (κ3) is 7.01. The molecule has 0 aromatic heterocycles. The number of alkyl halides is 3. The topological polar surface area (TPSA) is 131 Å². The van der Waals surface area contributed by atoms with Crippen molar-refractivity contribution < 1.29 is 46.9 Å². The van der Waals surface area contributed by atoms with Gasteiger partial charge < -0.3 is 15.3 Å². The normalized spacial score (nSPS) is 22.7. The second-order valence-electron chi connectivity index (χ2n) is 9.91. The predicted octanol–water partition coefficient (Wildman–Crippen LogP) is 5.67. The van der Waals surface area contributed by atoms with Crippen molar-refractivity contribution in [2.75, 3.05) is 6.61 Å². The Balaban J connectivity index is 0.000000708. The Morgan fingerprint density at radius 2 is 1.73 bits per heavy atom. The molecule has 1 aliphatic rings. The van der Waals surface area contributed by atoms with Gasteiger partial charge in [0.15, 0.2) is 0 Å². The van der Waals surface area contributed by atoms with Crippen molar-refractivity contribution in [2.45, 2.75) is 56.3 Å². The van der Waals surface area contributed by atoms with Gasteiger partial charge in [-0.15, -0.1) is 0 Å². The van der Waals surface area contributed by atoms with Crippen LogP contribution in [0.15, 0.2) is 36.4 Å². The van der Waals surface area contributed by atoms with E-state index >= 15 is 8.78 Å². The highest BCUT2D eigenvalue weighted by Crippen LogP contribution is 2.53. The Morgan fingerprint density at radius 1 is 1.12 bits per heavy atom. The van der Waals surface area contributed by atoms with E-state index in [0.717, 1.165) is 6.07 Å². The Labute approximate surface area is 236 Å². The van der Waals surface area contributed by atoms with Gasteiger partial charge in [0.2, 0.25) is 0 Å². The van der Waals surface area contributed by atoms with Gasteiger partial charge in [0.25, 0.3) is 0 Å². The minimum atomic E-state index is -5.08. The fraction of sp³-hybridized carbons (Fsp3) is 0.423. The minimum absolute atomic E-state index is 0.0835. The van der Waals surface area contributed by atoms with Crippen LogP contribution in [0.2, 0.25) is 10.0 Å². The van der Waals surface area contributed by atoms with Crippen molar-refractivity contribution in [3.8, 4) is 6.07 Å². The van der Waals surface area contributed by atoms with Gasteiger partial charge in [-0.1, -0.05) is 55.2 Å². The summed E-state index contributed by atoms with van der Waals surface area (Å²) in [6, 6.07) is 7.83. The third-order valence-electron chi connectivity index (χ3n) is 6.69. The van der Waals surface area contributed by atoms with Crippen LogP contribution >= 0.6 is 23.2 Å². The van der Waals surface area contributed by atoms with Gasteiger partial charge in [-0.2, -0.15) is 18.4 Å². The first-order valence-corrected chi connectivity index (χ1v) is 12.4. The number of halogens is 7. The lowest BCUT2D eigenvalue weighted by Gasteiger charge is -2.38. The molecule has 4 N–H and O–H groups in total. The largest absolute Gasteiger partial charge is 0.490 e. The lowest BCUT2D eigenvalue weighted by atomic mass is 9.62. The number of aliphatic hydroxyl groups is 1. The fourth-order valence-electron chi connectivity index (χ4n) is 4.89. The van der Waals surface area contributed by atoms with Crippen LogP contribution in [0.1, 0.15) is 43.7 Å². The maximum atomic E-state index is 15.3. The lowest BCUT2D eigenvalue weighted by molar-refractivity contribution is -0.192. The molecule has 1 heterocycles. The summed E-state index contributed by atoms with van der Waals surface area (Å²) >= 11 is 11.9. The van der Waals surface area contributed by atoms with Crippen molar-refractivity contribution in [1.82, 2.24) is 5.32 Å². The van der Waals surface area contributed by atoms with Gasteiger partial charge in [-0.25, -0.2) is 13.6 Å². The first kappa shape index (κ1) is 33.2. The molecule has 0 saturated carbocycles.